The summed E-state index contributed by atoms with van der Waals surface area (Å²) in [6, 6.07) is 2.46. The van der Waals surface area contributed by atoms with Crippen molar-refractivity contribution < 1.29 is 17.6 Å². The molecule has 1 atom stereocenters. The molecule has 1 aliphatic heterocycles. The Morgan fingerprint density at radius 2 is 2.14 bits per heavy atom. The van der Waals surface area contributed by atoms with Crippen LogP contribution in [0, 0.1) is 5.82 Å². The first-order valence-electron chi connectivity index (χ1n) is 6.39. The Morgan fingerprint density at radius 3 is 2.67 bits per heavy atom. The highest BCUT2D eigenvalue weighted by Gasteiger charge is 2.28. The van der Waals surface area contributed by atoms with Crippen molar-refractivity contribution in [3.05, 3.63) is 28.0 Å². The average Bonchev–Trinajstić information content (AvgIpc) is 2.92. The molecule has 1 heterocycles. The van der Waals surface area contributed by atoms with E-state index < -0.39 is 26.5 Å². The van der Waals surface area contributed by atoms with Crippen molar-refractivity contribution in [1.82, 2.24) is 10.2 Å². The van der Waals surface area contributed by atoms with Gasteiger partial charge in [-0.25, -0.2) is 12.8 Å². The summed E-state index contributed by atoms with van der Waals surface area (Å²) in [5.41, 5.74) is -0.237. The topological polar surface area (TPSA) is 66.5 Å². The average molecular weight is 379 g/mol. The summed E-state index contributed by atoms with van der Waals surface area (Å²) < 4.78 is 38.0. The number of nitrogens with one attached hydrogen (secondary N) is 1. The molecule has 0 bridgehead atoms. The van der Waals surface area contributed by atoms with Gasteiger partial charge in [0.1, 0.15) is 4.90 Å². The van der Waals surface area contributed by atoms with Crippen LogP contribution in [0.2, 0.25) is 0 Å². The Kier molecular flexibility index (Phi) is 4.69. The standard InChI is InChI=1S/C13H16BrFN2O3S/c1-17(9-3-4-16-7-9)13(18)10-5-8(14)6-11(12(10)15)21(2,19)20/h5-6,9,16H,3-4,7H2,1-2H3. The monoisotopic (exact) mass is 378 g/mol. The third-order valence-corrected chi connectivity index (χ3v) is 5.09. The summed E-state index contributed by atoms with van der Waals surface area (Å²) in [6.07, 6.45) is 1.70. The molecule has 1 saturated heterocycles. The number of halogens is 2. The number of benzene rings is 1. The lowest BCUT2D eigenvalue weighted by molar-refractivity contribution is 0.0738. The van der Waals surface area contributed by atoms with Crippen LogP contribution < -0.4 is 5.32 Å². The highest BCUT2D eigenvalue weighted by molar-refractivity contribution is 9.10. The Hall–Kier alpha value is -0.990. The second-order valence-electron chi connectivity index (χ2n) is 5.10. The van der Waals surface area contributed by atoms with Crippen molar-refractivity contribution in [2.75, 3.05) is 26.4 Å². The fourth-order valence-electron chi connectivity index (χ4n) is 2.32. The van der Waals surface area contributed by atoms with Gasteiger partial charge in [-0.1, -0.05) is 15.9 Å². The zero-order valence-corrected chi connectivity index (χ0v) is 14.1. The van der Waals surface area contributed by atoms with Crippen LogP contribution in [0.5, 0.6) is 0 Å². The molecular weight excluding hydrogens is 363 g/mol. The number of nitrogens with zero attached hydrogens (tertiary/aromatic N) is 1. The summed E-state index contributed by atoms with van der Waals surface area (Å²) in [6.45, 7) is 1.45. The Labute approximate surface area is 131 Å². The van der Waals surface area contributed by atoms with Crippen LogP contribution in [0.1, 0.15) is 16.8 Å². The highest BCUT2D eigenvalue weighted by Crippen LogP contribution is 2.25. The molecule has 0 aliphatic carbocycles. The third kappa shape index (κ3) is 3.44. The lowest BCUT2D eigenvalue weighted by Gasteiger charge is -2.24. The first kappa shape index (κ1) is 16.4. The molecule has 2 rings (SSSR count). The molecule has 1 amide bonds. The predicted octanol–water partition coefficient (Wildman–Crippen LogP) is 1.43. The van der Waals surface area contributed by atoms with Gasteiger partial charge in [-0.3, -0.25) is 4.79 Å². The van der Waals surface area contributed by atoms with Crippen LogP contribution in [0.4, 0.5) is 4.39 Å². The van der Waals surface area contributed by atoms with Crippen LogP contribution >= 0.6 is 15.9 Å². The molecule has 1 N–H and O–H groups in total. The minimum Gasteiger partial charge on any atom is -0.337 e. The normalized spacial score (nSPS) is 18.8. The molecule has 1 aromatic carbocycles. The number of rotatable bonds is 3. The summed E-state index contributed by atoms with van der Waals surface area (Å²) in [4.78, 5) is 13.4. The van der Waals surface area contributed by atoms with Gasteiger partial charge in [0.05, 0.1) is 5.56 Å². The van der Waals surface area contributed by atoms with Gasteiger partial charge in [0, 0.05) is 30.4 Å². The number of carbonyl (C=O) groups excluding carboxylic acids is 1. The van der Waals surface area contributed by atoms with E-state index >= 15 is 0 Å². The van der Waals surface area contributed by atoms with E-state index in [-0.39, 0.29) is 11.6 Å². The molecule has 0 saturated carbocycles. The number of carbonyl (C=O) groups is 1. The van der Waals surface area contributed by atoms with E-state index in [0.717, 1.165) is 19.2 Å². The fraction of sp³-hybridized carbons (Fsp3) is 0.462. The van der Waals surface area contributed by atoms with E-state index in [4.69, 9.17) is 0 Å². The molecule has 8 heteroatoms. The zero-order chi connectivity index (χ0) is 15.8. The first-order valence-corrected chi connectivity index (χ1v) is 9.07. The Bertz CT molecular complexity index is 672. The van der Waals surface area contributed by atoms with Gasteiger partial charge in [-0.2, -0.15) is 0 Å². The molecule has 1 aromatic rings. The maximum absolute atomic E-state index is 14.4. The molecule has 0 radical (unpaired) electrons. The van der Waals surface area contributed by atoms with Crippen LogP contribution in [0.25, 0.3) is 0 Å². The summed E-state index contributed by atoms with van der Waals surface area (Å²) in [5.74, 6) is -1.52. The van der Waals surface area contributed by atoms with Gasteiger partial charge in [-0.15, -0.1) is 0 Å². The largest absolute Gasteiger partial charge is 0.337 e. The van der Waals surface area contributed by atoms with Gasteiger partial charge < -0.3 is 10.2 Å². The molecule has 1 unspecified atom stereocenters. The second-order valence-corrected chi connectivity index (χ2v) is 8.00. The Balaban J connectivity index is 2.44. The van der Waals surface area contributed by atoms with Gasteiger partial charge in [0.2, 0.25) is 0 Å². The number of hydrogen-bond acceptors (Lipinski definition) is 4. The van der Waals surface area contributed by atoms with Crippen LogP contribution in [-0.2, 0) is 9.84 Å². The lowest BCUT2D eigenvalue weighted by atomic mass is 10.1. The molecule has 1 fully saturated rings. The second kappa shape index (κ2) is 6.02. The molecule has 21 heavy (non-hydrogen) atoms. The molecule has 0 spiro atoms. The molecule has 116 valence electrons. The number of hydrogen-bond donors (Lipinski definition) is 1. The van der Waals surface area contributed by atoms with E-state index in [1.54, 1.807) is 7.05 Å². The van der Waals surface area contributed by atoms with Crippen molar-refractivity contribution in [2.24, 2.45) is 0 Å². The van der Waals surface area contributed by atoms with Crippen molar-refractivity contribution in [2.45, 2.75) is 17.4 Å². The van der Waals surface area contributed by atoms with Gasteiger partial charge in [0.15, 0.2) is 15.7 Å². The smallest absolute Gasteiger partial charge is 0.256 e. The van der Waals surface area contributed by atoms with Gasteiger partial charge in [-0.05, 0) is 25.1 Å². The van der Waals surface area contributed by atoms with Crippen LogP contribution in [0.3, 0.4) is 0 Å². The number of likely N-dealkylation sites (N-methyl/N-ethyl adjacent to an activating group) is 1. The Morgan fingerprint density at radius 1 is 1.48 bits per heavy atom. The van der Waals surface area contributed by atoms with Crippen molar-refractivity contribution >= 4 is 31.7 Å². The quantitative estimate of drug-likeness (QED) is 0.863. The molecule has 5 nitrogen and oxygen atoms in total. The van der Waals surface area contributed by atoms with Crippen molar-refractivity contribution in [3.63, 3.8) is 0 Å². The van der Waals surface area contributed by atoms with Crippen LogP contribution in [0.15, 0.2) is 21.5 Å². The van der Waals surface area contributed by atoms with Crippen molar-refractivity contribution in [1.29, 1.82) is 0 Å². The molecular formula is C13H16BrFN2O3S. The number of amides is 1. The van der Waals surface area contributed by atoms with E-state index in [1.807, 2.05) is 0 Å². The molecule has 0 aromatic heterocycles. The summed E-state index contributed by atoms with van der Waals surface area (Å²) >= 11 is 3.13. The van der Waals surface area contributed by atoms with E-state index in [9.17, 15) is 17.6 Å². The maximum Gasteiger partial charge on any atom is 0.256 e. The summed E-state index contributed by atoms with van der Waals surface area (Å²) in [5, 5.41) is 3.13. The SMILES string of the molecule is CN(C(=O)c1cc(Br)cc(S(C)(=O)=O)c1F)C1CCNC1. The van der Waals surface area contributed by atoms with Crippen molar-refractivity contribution in [3.8, 4) is 0 Å². The van der Waals surface area contributed by atoms with Gasteiger partial charge >= 0.3 is 0 Å². The minimum atomic E-state index is -3.74. The maximum atomic E-state index is 14.4. The van der Waals surface area contributed by atoms with Gasteiger partial charge in [0.25, 0.3) is 5.91 Å². The molecule has 1 aliphatic rings. The summed E-state index contributed by atoms with van der Waals surface area (Å²) in [7, 11) is -2.15. The lowest BCUT2D eigenvalue weighted by Crippen LogP contribution is -2.38. The third-order valence-electron chi connectivity index (χ3n) is 3.54. The fourth-order valence-corrected chi connectivity index (χ4v) is 3.70. The van der Waals surface area contributed by atoms with E-state index in [1.165, 1.54) is 17.0 Å². The van der Waals surface area contributed by atoms with E-state index in [0.29, 0.717) is 11.0 Å². The highest BCUT2D eigenvalue weighted by atomic mass is 79.9. The van der Waals surface area contributed by atoms with E-state index in [2.05, 4.69) is 21.2 Å². The van der Waals surface area contributed by atoms with Crippen LogP contribution in [-0.4, -0.2) is 51.7 Å². The number of sulfone groups is 1. The first-order chi connectivity index (χ1) is 9.71. The zero-order valence-electron chi connectivity index (χ0n) is 11.7. The predicted molar refractivity (Wildman–Crippen MR) is 80.6 cm³/mol. The minimum absolute atomic E-state index is 0.0161.